The van der Waals surface area contributed by atoms with E-state index in [0.29, 0.717) is 0 Å². The van der Waals surface area contributed by atoms with E-state index >= 15 is 0 Å². The predicted octanol–water partition coefficient (Wildman–Crippen LogP) is 5.54. The van der Waals surface area contributed by atoms with Crippen molar-refractivity contribution in [1.29, 1.82) is 0 Å². The Labute approximate surface area is 119 Å². The van der Waals surface area contributed by atoms with Crippen LogP contribution in [0.15, 0.2) is 46.4 Å². The normalized spacial score (nSPS) is 13.0. The maximum absolute atomic E-state index is 5.52. The van der Waals surface area contributed by atoms with Gasteiger partial charge >= 0.3 is 0 Å². The Hall–Kier alpha value is -1.06. The fourth-order valence-electron chi connectivity index (χ4n) is 2.23. The zero-order chi connectivity index (χ0) is 12.5. The van der Waals surface area contributed by atoms with Gasteiger partial charge in [-0.25, -0.2) is 0 Å². The molecule has 18 heavy (non-hydrogen) atoms. The summed E-state index contributed by atoms with van der Waals surface area (Å²) in [7, 11) is 0. The van der Waals surface area contributed by atoms with Crippen LogP contribution in [0.1, 0.15) is 28.6 Å². The zero-order valence-corrected chi connectivity index (χ0v) is 12.4. The third kappa shape index (κ3) is 1.91. The van der Waals surface area contributed by atoms with Crippen molar-refractivity contribution >= 4 is 37.4 Å². The van der Waals surface area contributed by atoms with Crippen molar-refractivity contribution in [1.82, 2.24) is 0 Å². The summed E-state index contributed by atoms with van der Waals surface area (Å²) in [5, 5.41) is 3.56. The molecule has 0 saturated carbocycles. The molecule has 1 unspecified atom stereocenters. The first-order valence-electron chi connectivity index (χ1n) is 5.97. The van der Waals surface area contributed by atoms with Crippen LogP contribution in [-0.4, -0.2) is 0 Å². The summed E-state index contributed by atoms with van der Waals surface area (Å²) in [6.07, 6.45) is 2.70. The van der Waals surface area contributed by atoms with Crippen LogP contribution in [0, 0.1) is 0 Å². The first kappa shape index (κ1) is 12.0. The standard InChI is InChI=1S/C15H13BrOS/c1-2-13-11(7-8-17-13)15(16)12-9-18-14-6-4-3-5-10(12)14/h3-9,15H,2H2,1H3. The molecule has 0 N–H and O–H groups in total. The number of halogens is 1. The minimum Gasteiger partial charge on any atom is -0.469 e. The van der Waals surface area contributed by atoms with Gasteiger partial charge < -0.3 is 4.42 Å². The molecule has 92 valence electrons. The highest BCUT2D eigenvalue weighted by atomic mass is 79.9. The van der Waals surface area contributed by atoms with E-state index in [1.807, 2.05) is 0 Å². The summed E-state index contributed by atoms with van der Waals surface area (Å²) >= 11 is 5.60. The number of furan rings is 1. The summed E-state index contributed by atoms with van der Waals surface area (Å²) in [4.78, 5) is 0.211. The van der Waals surface area contributed by atoms with Gasteiger partial charge in [0.25, 0.3) is 0 Å². The average molecular weight is 321 g/mol. The molecule has 0 radical (unpaired) electrons. The molecule has 3 rings (SSSR count). The van der Waals surface area contributed by atoms with Gasteiger partial charge in [0, 0.05) is 16.7 Å². The van der Waals surface area contributed by atoms with Gasteiger partial charge in [-0.05, 0) is 28.5 Å². The minimum atomic E-state index is 0.211. The Balaban J connectivity index is 2.09. The number of hydrogen-bond donors (Lipinski definition) is 0. The van der Waals surface area contributed by atoms with Gasteiger partial charge in [-0.15, -0.1) is 11.3 Å². The van der Waals surface area contributed by atoms with Crippen LogP contribution < -0.4 is 0 Å². The van der Waals surface area contributed by atoms with Crippen LogP contribution >= 0.6 is 27.3 Å². The lowest BCUT2D eigenvalue weighted by Gasteiger charge is -2.08. The molecule has 0 aliphatic rings. The molecule has 3 heteroatoms. The number of aryl methyl sites for hydroxylation is 1. The third-order valence-corrected chi connectivity index (χ3v) is 5.13. The van der Waals surface area contributed by atoms with E-state index < -0.39 is 0 Å². The van der Waals surface area contributed by atoms with E-state index in [-0.39, 0.29) is 4.83 Å². The molecule has 0 amide bonds. The van der Waals surface area contributed by atoms with Gasteiger partial charge in [0.05, 0.1) is 11.1 Å². The molecular formula is C15H13BrOS. The third-order valence-electron chi connectivity index (χ3n) is 3.16. The summed E-state index contributed by atoms with van der Waals surface area (Å²) in [6.45, 7) is 2.12. The molecule has 0 bridgehead atoms. The lowest BCUT2D eigenvalue weighted by molar-refractivity contribution is 0.512. The second kappa shape index (κ2) is 4.90. The van der Waals surface area contributed by atoms with Crippen LogP contribution in [-0.2, 0) is 6.42 Å². The molecule has 1 nitrogen and oxygen atoms in total. The SMILES string of the molecule is CCc1occc1C(Br)c1csc2ccccc12. The molecule has 0 aliphatic heterocycles. The van der Waals surface area contributed by atoms with E-state index in [4.69, 9.17) is 4.42 Å². The van der Waals surface area contributed by atoms with Gasteiger partial charge in [0.1, 0.15) is 5.76 Å². The quantitative estimate of drug-likeness (QED) is 0.577. The second-order valence-corrected chi connectivity index (χ2v) is 6.03. The second-order valence-electron chi connectivity index (χ2n) is 4.20. The first-order valence-corrected chi connectivity index (χ1v) is 7.77. The maximum atomic E-state index is 5.52. The fourth-order valence-corrected chi connectivity index (χ4v) is 4.17. The van der Waals surface area contributed by atoms with Crippen molar-refractivity contribution < 1.29 is 4.42 Å². The highest BCUT2D eigenvalue weighted by Crippen LogP contribution is 2.40. The van der Waals surface area contributed by atoms with E-state index in [2.05, 4.69) is 58.6 Å². The van der Waals surface area contributed by atoms with Crippen molar-refractivity contribution in [3.63, 3.8) is 0 Å². The fraction of sp³-hybridized carbons (Fsp3) is 0.200. The Morgan fingerprint density at radius 2 is 2.06 bits per heavy atom. The van der Waals surface area contributed by atoms with Gasteiger partial charge in [-0.3, -0.25) is 0 Å². The molecule has 3 aromatic rings. The van der Waals surface area contributed by atoms with Gasteiger partial charge in [-0.2, -0.15) is 0 Å². The van der Waals surface area contributed by atoms with E-state index in [9.17, 15) is 0 Å². The summed E-state index contributed by atoms with van der Waals surface area (Å²) < 4.78 is 6.85. The van der Waals surface area contributed by atoms with Gasteiger partial charge in [-0.1, -0.05) is 41.1 Å². The van der Waals surface area contributed by atoms with Crippen molar-refractivity contribution in [2.24, 2.45) is 0 Å². The lowest BCUT2D eigenvalue weighted by atomic mass is 10.0. The predicted molar refractivity (Wildman–Crippen MR) is 80.7 cm³/mol. The van der Waals surface area contributed by atoms with Crippen LogP contribution in [0.5, 0.6) is 0 Å². The Morgan fingerprint density at radius 1 is 1.22 bits per heavy atom. The summed E-state index contributed by atoms with van der Waals surface area (Å²) in [5.74, 6) is 1.06. The van der Waals surface area contributed by atoms with Crippen molar-refractivity contribution in [3.8, 4) is 0 Å². The molecule has 0 aliphatic carbocycles. The van der Waals surface area contributed by atoms with Crippen LogP contribution in [0.25, 0.3) is 10.1 Å². The molecular weight excluding hydrogens is 308 g/mol. The van der Waals surface area contributed by atoms with Crippen LogP contribution in [0.3, 0.4) is 0 Å². The maximum Gasteiger partial charge on any atom is 0.108 e. The Bertz CT molecular complexity index is 668. The average Bonchev–Trinajstić information content (AvgIpc) is 3.04. The molecule has 0 saturated heterocycles. The molecule has 2 aromatic heterocycles. The van der Waals surface area contributed by atoms with Gasteiger partial charge in [0.2, 0.25) is 0 Å². The number of benzene rings is 1. The Kier molecular flexibility index (Phi) is 3.27. The number of fused-ring (bicyclic) bond motifs is 1. The number of hydrogen-bond acceptors (Lipinski definition) is 2. The van der Waals surface area contributed by atoms with Crippen molar-refractivity contribution in [3.05, 3.63) is 58.9 Å². The minimum absolute atomic E-state index is 0.211. The summed E-state index contributed by atoms with van der Waals surface area (Å²) in [5.41, 5.74) is 2.56. The first-order chi connectivity index (χ1) is 8.81. The number of thiophene rings is 1. The van der Waals surface area contributed by atoms with Crippen molar-refractivity contribution in [2.45, 2.75) is 18.2 Å². The highest BCUT2D eigenvalue weighted by Gasteiger charge is 2.19. The Morgan fingerprint density at radius 3 is 2.89 bits per heavy atom. The molecule has 1 atom stereocenters. The number of rotatable bonds is 3. The lowest BCUT2D eigenvalue weighted by Crippen LogP contribution is -1.93. The van der Waals surface area contributed by atoms with Gasteiger partial charge in [0.15, 0.2) is 0 Å². The monoisotopic (exact) mass is 320 g/mol. The number of alkyl halides is 1. The van der Waals surface area contributed by atoms with Crippen LogP contribution in [0.2, 0.25) is 0 Å². The van der Waals surface area contributed by atoms with E-state index in [1.54, 1.807) is 17.6 Å². The molecule has 0 fully saturated rings. The summed E-state index contributed by atoms with van der Waals surface area (Å²) in [6, 6.07) is 10.6. The topological polar surface area (TPSA) is 13.1 Å². The van der Waals surface area contributed by atoms with E-state index in [1.165, 1.54) is 21.2 Å². The largest absolute Gasteiger partial charge is 0.469 e. The molecule has 2 heterocycles. The molecule has 0 spiro atoms. The smallest absolute Gasteiger partial charge is 0.108 e. The zero-order valence-electron chi connectivity index (χ0n) is 10.0. The highest BCUT2D eigenvalue weighted by molar-refractivity contribution is 9.09. The van der Waals surface area contributed by atoms with E-state index in [0.717, 1.165) is 12.2 Å². The molecule has 1 aromatic carbocycles. The van der Waals surface area contributed by atoms with Crippen LogP contribution in [0.4, 0.5) is 0 Å². The van der Waals surface area contributed by atoms with Crippen molar-refractivity contribution in [2.75, 3.05) is 0 Å².